The third kappa shape index (κ3) is 3.67. The van der Waals surface area contributed by atoms with Crippen molar-refractivity contribution in [3.63, 3.8) is 0 Å². The van der Waals surface area contributed by atoms with E-state index in [1.807, 2.05) is 20.2 Å². The molecule has 0 atom stereocenters. The van der Waals surface area contributed by atoms with Crippen molar-refractivity contribution in [3.05, 3.63) is 17.5 Å². The molecule has 0 unspecified atom stereocenters. The molecule has 1 aromatic heterocycles. The van der Waals surface area contributed by atoms with Gasteiger partial charge in [-0.3, -0.25) is 9.48 Å². The zero-order valence-electron chi connectivity index (χ0n) is 13.6. The average Bonchev–Trinajstić information content (AvgIpc) is 2.77. The monoisotopic (exact) mass is 307 g/mol. The van der Waals surface area contributed by atoms with Gasteiger partial charge in [0.1, 0.15) is 5.54 Å². The van der Waals surface area contributed by atoms with Crippen LogP contribution in [0.15, 0.2) is 6.20 Å². The number of carboxylic acids is 1. The van der Waals surface area contributed by atoms with Gasteiger partial charge in [0, 0.05) is 19.7 Å². The van der Waals surface area contributed by atoms with Crippen molar-refractivity contribution in [3.8, 4) is 0 Å². The van der Waals surface area contributed by atoms with Crippen LogP contribution in [0.1, 0.15) is 50.3 Å². The van der Waals surface area contributed by atoms with Gasteiger partial charge in [0.25, 0.3) is 0 Å². The van der Waals surface area contributed by atoms with Crippen LogP contribution in [0.2, 0.25) is 0 Å². The lowest BCUT2D eigenvalue weighted by atomic mass is 9.77. The fourth-order valence-electron chi connectivity index (χ4n) is 3.12. The minimum Gasteiger partial charge on any atom is -0.480 e. The normalized spacial score (nSPS) is 25.0. The molecule has 1 aliphatic rings. The minimum atomic E-state index is -1.08. The summed E-state index contributed by atoms with van der Waals surface area (Å²) in [5, 5.41) is 16.6. The third-order valence-electron chi connectivity index (χ3n) is 4.65. The topological polar surface area (TPSA) is 84.2 Å². The zero-order valence-corrected chi connectivity index (χ0v) is 13.6. The number of carboxylic acid groups (broad SMARTS) is 1. The maximum atomic E-state index is 12.2. The number of nitrogens with one attached hydrogen (secondary N) is 1. The van der Waals surface area contributed by atoms with E-state index in [0.29, 0.717) is 25.2 Å². The third-order valence-corrected chi connectivity index (χ3v) is 4.65. The van der Waals surface area contributed by atoms with Gasteiger partial charge in [-0.05, 0) is 50.5 Å². The van der Waals surface area contributed by atoms with Crippen LogP contribution in [0.25, 0.3) is 0 Å². The van der Waals surface area contributed by atoms with Gasteiger partial charge in [0.05, 0.1) is 5.69 Å². The van der Waals surface area contributed by atoms with Crippen molar-refractivity contribution in [1.29, 1.82) is 0 Å². The number of amides is 1. The molecule has 2 N–H and O–H groups in total. The molecule has 2 rings (SSSR count). The second-order valence-electron chi connectivity index (χ2n) is 6.53. The average molecular weight is 307 g/mol. The van der Waals surface area contributed by atoms with Gasteiger partial charge in [0.15, 0.2) is 0 Å². The second-order valence-corrected chi connectivity index (χ2v) is 6.53. The summed E-state index contributed by atoms with van der Waals surface area (Å²) in [4.78, 5) is 23.8. The first-order chi connectivity index (χ1) is 10.3. The molecule has 1 aliphatic carbocycles. The van der Waals surface area contributed by atoms with E-state index in [2.05, 4.69) is 17.3 Å². The molecular weight excluding hydrogens is 282 g/mol. The number of aliphatic carboxylic acids is 1. The number of rotatable bonds is 5. The Morgan fingerprint density at radius 1 is 1.45 bits per heavy atom. The first kappa shape index (κ1) is 16.5. The van der Waals surface area contributed by atoms with E-state index < -0.39 is 11.5 Å². The number of aromatic nitrogens is 2. The Labute approximate surface area is 130 Å². The second kappa shape index (κ2) is 6.50. The van der Waals surface area contributed by atoms with Crippen molar-refractivity contribution < 1.29 is 14.7 Å². The minimum absolute atomic E-state index is 0.194. The summed E-state index contributed by atoms with van der Waals surface area (Å²) in [5.74, 6) is -0.576. The Kier molecular flexibility index (Phi) is 4.88. The number of hydrogen-bond acceptors (Lipinski definition) is 3. The Hall–Kier alpha value is -1.85. The van der Waals surface area contributed by atoms with E-state index in [0.717, 1.165) is 24.1 Å². The summed E-state index contributed by atoms with van der Waals surface area (Å²) in [6.07, 6.45) is 5.48. The molecule has 6 nitrogen and oxygen atoms in total. The van der Waals surface area contributed by atoms with Crippen LogP contribution in [0.3, 0.4) is 0 Å². The summed E-state index contributed by atoms with van der Waals surface area (Å²) in [6, 6.07) is 0. The highest BCUT2D eigenvalue weighted by Crippen LogP contribution is 2.32. The smallest absolute Gasteiger partial charge is 0.329 e. The summed E-state index contributed by atoms with van der Waals surface area (Å²) in [7, 11) is 1.85. The lowest BCUT2D eigenvalue weighted by Gasteiger charge is -2.36. The fourth-order valence-corrected chi connectivity index (χ4v) is 3.12. The highest BCUT2D eigenvalue weighted by atomic mass is 16.4. The predicted octanol–water partition coefficient (Wildman–Crippen LogP) is 1.81. The fraction of sp³-hybridized carbons (Fsp3) is 0.688. The highest BCUT2D eigenvalue weighted by molar-refractivity contribution is 5.87. The molecule has 0 spiro atoms. The molecule has 1 heterocycles. The van der Waals surface area contributed by atoms with Crippen molar-refractivity contribution in [2.45, 2.75) is 57.9 Å². The molecule has 0 aliphatic heterocycles. The zero-order chi connectivity index (χ0) is 16.3. The number of carbonyl (C=O) groups excluding carboxylic acids is 1. The number of nitrogens with zero attached hydrogens (tertiary/aromatic N) is 2. The van der Waals surface area contributed by atoms with Gasteiger partial charge in [-0.25, -0.2) is 4.79 Å². The molecule has 1 aromatic rings. The number of aryl methyl sites for hydroxylation is 3. The van der Waals surface area contributed by atoms with E-state index in [1.165, 1.54) is 0 Å². The molecule has 0 saturated heterocycles. The van der Waals surface area contributed by atoms with Gasteiger partial charge in [-0.2, -0.15) is 5.10 Å². The molecule has 6 heteroatoms. The first-order valence-corrected chi connectivity index (χ1v) is 7.86. The van der Waals surface area contributed by atoms with Gasteiger partial charge < -0.3 is 10.4 Å². The van der Waals surface area contributed by atoms with Crippen LogP contribution in [0.4, 0.5) is 0 Å². The lowest BCUT2D eigenvalue weighted by molar-refractivity contribution is -0.149. The van der Waals surface area contributed by atoms with Crippen LogP contribution < -0.4 is 5.32 Å². The van der Waals surface area contributed by atoms with E-state index >= 15 is 0 Å². The Morgan fingerprint density at radius 3 is 2.59 bits per heavy atom. The Balaban J connectivity index is 1.94. The number of carbonyl (C=O) groups is 2. The maximum absolute atomic E-state index is 12.2. The van der Waals surface area contributed by atoms with Gasteiger partial charge in [0.2, 0.25) is 5.91 Å². The van der Waals surface area contributed by atoms with E-state index in [9.17, 15) is 14.7 Å². The Bertz CT molecular complexity index is 557. The first-order valence-electron chi connectivity index (χ1n) is 7.86. The van der Waals surface area contributed by atoms with E-state index in [4.69, 9.17) is 0 Å². The number of hydrogen-bond donors (Lipinski definition) is 2. The van der Waals surface area contributed by atoms with Gasteiger partial charge in [-0.1, -0.05) is 6.92 Å². The molecule has 1 saturated carbocycles. The molecule has 0 radical (unpaired) electrons. The van der Waals surface area contributed by atoms with Crippen molar-refractivity contribution in [2.75, 3.05) is 0 Å². The summed E-state index contributed by atoms with van der Waals surface area (Å²) >= 11 is 0. The summed E-state index contributed by atoms with van der Waals surface area (Å²) < 4.78 is 1.73. The standard InChI is InChI=1S/C16H25N3O3/c1-11-6-8-16(9-7-11,15(21)22)17-14(20)5-4-13-10-19(3)18-12(13)2/h10-11H,4-9H2,1-3H3,(H,17,20)(H,21,22). The van der Waals surface area contributed by atoms with Crippen LogP contribution in [-0.4, -0.2) is 32.3 Å². The molecule has 0 aromatic carbocycles. The highest BCUT2D eigenvalue weighted by Gasteiger charge is 2.42. The van der Waals surface area contributed by atoms with E-state index in [1.54, 1.807) is 4.68 Å². The van der Waals surface area contributed by atoms with Crippen LogP contribution >= 0.6 is 0 Å². The van der Waals surface area contributed by atoms with Crippen LogP contribution in [0.5, 0.6) is 0 Å². The Morgan fingerprint density at radius 2 is 2.09 bits per heavy atom. The molecular formula is C16H25N3O3. The summed E-state index contributed by atoms with van der Waals surface area (Å²) in [5.41, 5.74) is 0.863. The van der Waals surface area contributed by atoms with Crippen molar-refractivity contribution >= 4 is 11.9 Å². The molecule has 0 bridgehead atoms. The van der Waals surface area contributed by atoms with Crippen molar-refractivity contribution in [2.24, 2.45) is 13.0 Å². The molecule has 1 amide bonds. The molecule has 1 fully saturated rings. The largest absolute Gasteiger partial charge is 0.480 e. The quantitative estimate of drug-likeness (QED) is 0.869. The summed E-state index contributed by atoms with van der Waals surface area (Å²) in [6.45, 7) is 4.03. The molecule has 22 heavy (non-hydrogen) atoms. The lowest BCUT2D eigenvalue weighted by Crippen LogP contribution is -2.56. The molecule has 122 valence electrons. The van der Waals surface area contributed by atoms with Crippen molar-refractivity contribution in [1.82, 2.24) is 15.1 Å². The van der Waals surface area contributed by atoms with Crippen LogP contribution in [-0.2, 0) is 23.1 Å². The van der Waals surface area contributed by atoms with E-state index in [-0.39, 0.29) is 12.3 Å². The SMILES string of the molecule is Cc1nn(C)cc1CCC(=O)NC1(C(=O)O)CCC(C)CC1. The predicted molar refractivity (Wildman–Crippen MR) is 82.4 cm³/mol. The van der Waals surface area contributed by atoms with Crippen LogP contribution in [0, 0.1) is 12.8 Å². The van der Waals surface area contributed by atoms with Gasteiger partial charge >= 0.3 is 5.97 Å². The van der Waals surface area contributed by atoms with Gasteiger partial charge in [-0.15, -0.1) is 0 Å². The maximum Gasteiger partial charge on any atom is 0.329 e.